The van der Waals surface area contributed by atoms with E-state index in [0.29, 0.717) is 0 Å². The van der Waals surface area contributed by atoms with Crippen molar-refractivity contribution in [1.29, 1.82) is 0 Å². The highest BCUT2D eigenvalue weighted by Crippen LogP contribution is 2.33. The minimum Gasteiger partial charge on any atom is -0.392 e. The molecule has 0 fully saturated rings. The summed E-state index contributed by atoms with van der Waals surface area (Å²) in [5.41, 5.74) is 1.85. The number of thioether (sulfide) groups is 1. The Morgan fingerprint density at radius 3 is 2.43 bits per heavy atom. The highest BCUT2D eigenvalue weighted by Gasteiger charge is 2.16. The van der Waals surface area contributed by atoms with Gasteiger partial charge in [0.2, 0.25) is 5.91 Å². The summed E-state index contributed by atoms with van der Waals surface area (Å²) in [6.07, 6.45) is -0.462. The first-order chi connectivity index (χ1) is 9.58. The SMILES string of the molecule is Cc1cc(SC(C)(C)C)ccc1NC(=O)CC(O)C(C)C. The van der Waals surface area contributed by atoms with Crippen molar-refractivity contribution in [1.82, 2.24) is 0 Å². The normalized spacial score (nSPS) is 13.3. The van der Waals surface area contributed by atoms with Gasteiger partial charge in [-0.25, -0.2) is 0 Å². The molecule has 21 heavy (non-hydrogen) atoms. The molecule has 3 nitrogen and oxygen atoms in total. The maximum Gasteiger partial charge on any atom is 0.226 e. The van der Waals surface area contributed by atoms with Crippen molar-refractivity contribution in [3.05, 3.63) is 23.8 Å². The molecular formula is C17H27NO2S. The Kier molecular flexibility index (Phi) is 6.29. The first-order valence-electron chi connectivity index (χ1n) is 7.36. The molecule has 118 valence electrons. The molecule has 0 saturated carbocycles. The van der Waals surface area contributed by atoms with Crippen LogP contribution in [-0.2, 0) is 4.79 Å². The third-order valence-electron chi connectivity index (χ3n) is 3.06. The van der Waals surface area contributed by atoms with E-state index in [1.165, 1.54) is 4.90 Å². The number of carbonyl (C=O) groups is 1. The zero-order chi connectivity index (χ0) is 16.2. The predicted molar refractivity (Wildman–Crippen MR) is 90.9 cm³/mol. The summed E-state index contributed by atoms with van der Waals surface area (Å²) in [6.45, 7) is 12.3. The molecule has 1 aromatic carbocycles. The van der Waals surface area contributed by atoms with E-state index in [1.807, 2.05) is 32.9 Å². The molecule has 1 amide bonds. The van der Waals surface area contributed by atoms with E-state index >= 15 is 0 Å². The monoisotopic (exact) mass is 309 g/mol. The lowest BCUT2D eigenvalue weighted by molar-refractivity contribution is -0.118. The Morgan fingerprint density at radius 2 is 1.95 bits per heavy atom. The summed E-state index contributed by atoms with van der Waals surface area (Å²) in [6, 6.07) is 6.05. The average molecular weight is 309 g/mol. The van der Waals surface area contributed by atoms with Crippen LogP contribution in [0, 0.1) is 12.8 Å². The van der Waals surface area contributed by atoms with E-state index in [4.69, 9.17) is 0 Å². The van der Waals surface area contributed by atoms with Crippen LogP contribution in [-0.4, -0.2) is 21.9 Å². The summed E-state index contributed by atoms with van der Waals surface area (Å²) in [5.74, 6) is -0.0575. The van der Waals surface area contributed by atoms with Crippen LogP contribution in [0.4, 0.5) is 5.69 Å². The number of carbonyl (C=O) groups excluding carboxylic acids is 1. The summed E-state index contributed by atoms with van der Waals surface area (Å²) in [5, 5.41) is 12.6. The smallest absolute Gasteiger partial charge is 0.226 e. The Hall–Kier alpha value is -1.00. The molecule has 0 radical (unpaired) electrons. The molecule has 1 rings (SSSR count). The number of aliphatic hydroxyl groups is 1. The molecule has 1 aromatic rings. The standard InChI is InChI=1S/C17H27NO2S/c1-11(2)15(19)10-16(20)18-14-8-7-13(9-12(14)3)21-17(4,5)6/h7-9,11,15,19H,10H2,1-6H3,(H,18,20). The minimum atomic E-state index is -0.596. The summed E-state index contributed by atoms with van der Waals surface area (Å²) in [7, 11) is 0. The van der Waals surface area contributed by atoms with E-state index in [-0.39, 0.29) is 23.0 Å². The first-order valence-corrected chi connectivity index (χ1v) is 8.17. The van der Waals surface area contributed by atoms with Crippen LogP contribution in [0.25, 0.3) is 0 Å². The van der Waals surface area contributed by atoms with Crippen LogP contribution in [0.1, 0.15) is 46.6 Å². The summed E-state index contributed by atoms with van der Waals surface area (Å²) >= 11 is 1.80. The van der Waals surface area contributed by atoms with Crippen molar-refractivity contribution in [3.63, 3.8) is 0 Å². The number of hydrogen-bond donors (Lipinski definition) is 2. The van der Waals surface area contributed by atoms with Crippen LogP contribution in [0.15, 0.2) is 23.1 Å². The summed E-state index contributed by atoms with van der Waals surface area (Å²) < 4.78 is 0.165. The number of amides is 1. The van der Waals surface area contributed by atoms with Gasteiger partial charge >= 0.3 is 0 Å². The number of anilines is 1. The van der Waals surface area contributed by atoms with E-state index in [2.05, 4.69) is 32.2 Å². The zero-order valence-electron chi connectivity index (χ0n) is 13.9. The highest BCUT2D eigenvalue weighted by atomic mass is 32.2. The lowest BCUT2D eigenvalue weighted by Gasteiger charge is -2.19. The van der Waals surface area contributed by atoms with Crippen LogP contribution in [0.2, 0.25) is 0 Å². The van der Waals surface area contributed by atoms with Crippen molar-refractivity contribution in [2.75, 3.05) is 5.32 Å². The predicted octanol–water partition coefficient (Wildman–Crippen LogP) is 4.23. The molecule has 1 unspecified atom stereocenters. The topological polar surface area (TPSA) is 49.3 Å². The molecule has 0 aromatic heterocycles. The molecule has 2 N–H and O–H groups in total. The van der Waals surface area contributed by atoms with Gasteiger partial charge in [-0.1, -0.05) is 34.6 Å². The van der Waals surface area contributed by atoms with Crippen molar-refractivity contribution >= 4 is 23.4 Å². The lowest BCUT2D eigenvalue weighted by atomic mass is 10.0. The van der Waals surface area contributed by atoms with Crippen LogP contribution >= 0.6 is 11.8 Å². The molecule has 0 aliphatic rings. The highest BCUT2D eigenvalue weighted by molar-refractivity contribution is 8.00. The number of aryl methyl sites for hydroxylation is 1. The van der Waals surface area contributed by atoms with Crippen molar-refractivity contribution < 1.29 is 9.90 Å². The fraction of sp³-hybridized carbons (Fsp3) is 0.588. The van der Waals surface area contributed by atoms with Gasteiger partial charge in [-0.05, 0) is 36.6 Å². The maximum atomic E-state index is 11.9. The second kappa shape index (κ2) is 7.32. The van der Waals surface area contributed by atoms with Crippen LogP contribution in [0.5, 0.6) is 0 Å². The van der Waals surface area contributed by atoms with Crippen molar-refractivity contribution in [2.45, 2.75) is 63.7 Å². The number of benzene rings is 1. The third-order valence-corrected chi connectivity index (χ3v) is 4.16. The number of nitrogens with one attached hydrogen (secondary N) is 1. The van der Waals surface area contributed by atoms with Gasteiger partial charge in [-0.3, -0.25) is 4.79 Å². The average Bonchev–Trinajstić information content (AvgIpc) is 2.30. The van der Waals surface area contributed by atoms with E-state index < -0.39 is 6.10 Å². The van der Waals surface area contributed by atoms with Gasteiger partial charge in [0.25, 0.3) is 0 Å². The van der Waals surface area contributed by atoms with Crippen molar-refractivity contribution in [2.24, 2.45) is 5.92 Å². The molecule has 1 atom stereocenters. The number of aliphatic hydroxyl groups excluding tert-OH is 1. The molecular weight excluding hydrogens is 282 g/mol. The van der Waals surface area contributed by atoms with E-state index in [1.54, 1.807) is 11.8 Å². The fourth-order valence-corrected chi connectivity index (χ4v) is 2.90. The molecule has 0 aliphatic heterocycles. The second-order valence-electron chi connectivity index (χ2n) is 6.75. The quantitative estimate of drug-likeness (QED) is 0.800. The maximum absolute atomic E-state index is 11.9. The molecule has 4 heteroatoms. The Morgan fingerprint density at radius 1 is 1.33 bits per heavy atom. The Balaban J connectivity index is 2.71. The minimum absolute atomic E-state index is 0.0856. The third kappa shape index (κ3) is 6.53. The first kappa shape index (κ1) is 18.1. The Labute approximate surface area is 132 Å². The number of hydrogen-bond acceptors (Lipinski definition) is 3. The van der Waals surface area contributed by atoms with Crippen LogP contribution < -0.4 is 5.32 Å². The van der Waals surface area contributed by atoms with Crippen LogP contribution in [0.3, 0.4) is 0 Å². The van der Waals surface area contributed by atoms with Gasteiger partial charge in [0, 0.05) is 15.3 Å². The largest absolute Gasteiger partial charge is 0.392 e. The van der Waals surface area contributed by atoms with E-state index in [0.717, 1.165) is 11.3 Å². The molecule has 0 heterocycles. The summed E-state index contributed by atoms with van der Waals surface area (Å²) in [4.78, 5) is 13.1. The molecule has 0 bridgehead atoms. The fourth-order valence-electron chi connectivity index (χ4n) is 1.82. The molecule has 0 saturated heterocycles. The van der Waals surface area contributed by atoms with Gasteiger partial charge in [-0.2, -0.15) is 0 Å². The van der Waals surface area contributed by atoms with Gasteiger partial charge in [0.05, 0.1) is 12.5 Å². The lowest BCUT2D eigenvalue weighted by Crippen LogP contribution is -2.23. The molecule has 0 aliphatic carbocycles. The van der Waals surface area contributed by atoms with Gasteiger partial charge < -0.3 is 10.4 Å². The molecule has 0 spiro atoms. The van der Waals surface area contributed by atoms with Crippen molar-refractivity contribution in [3.8, 4) is 0 Å². The van der Waals surface area contributed by atoms with Gasteiger partial charge in [-0.15, -0.1) is 11.8 Å². The zero-order valence-corrected chi connectivity index (χ0v) is 14.7. The Bertz CT molecular complexity index is 492. The second-order valence-corrected chi connectivity index (χ2v) is 8.66. The number of rotatable bonds is 5. The van der Waals surface area contributed by atoms with Gasteiger partial charge in [0.15, 0.2) is 0 Å². The van der Waals surface area contributed by atoms with Gasteiger partial charge in [0.1, 0.15) is 0 Å². The van der Waals surface area contributed by atoms with E-state index in [9.17, 15) is 9.90 Å².